The van der Waals surface area contributed by atoms with Crippen LogP contribution in [-0.4, -0.2) is 18.8 Å². The maximum absolute atomic E-state index is 11.0. The first kappa shape index (κ1) is 49.9. The van der Waals surface area contributed by atoms with Crippen LogP contribution in [0.15, 0.2) is 48.5 Å². The third kappa shape index (κ3) is 5.24. The largest absolute Gasteiger partial charge is 0.304 e. The highest BCUT2D eigenvalue weighted by atomic mass is 15.2. The summed E-state index contributed by atoms with van der Waals surface area (Å²) in [6.07, 6.45) is 5.00. The predicted octanol–water partition coefficient (Wildman–Crippen LogP) is 15.2. The van der Waals surface area contributed by atoms with E-state index >= 15 is 0 Å². The molecule has 0 fully saturated rings. The maximum Gasteiger partial charge on any atom is 0.304 e. The van der Waals surface area contributed by atoms with E-state index in [0.29, 0.717) is 11.5 Å². The molecule has 0 radical (unpaired) electrons. The average molecular weight is 1010 g/mol. The Kier molecular flexibility index (Phi) is 9.30. The molecule has 4 aromatic carbocycles. The van der Waals surface area contributed by atoms with E-state index in [9.17, 15) is 5.26 Å². The first-order valence-corrected chi connectivity index (χ1v) is 29.2. The predicted molar refractivity (Wildman–Crippen MR) is 313 cm³/mol. The van der Waals surface area contributed by atoms with Crippen LogP contribution in [0.1, 0.15) is 235 Å². The van der Waals surface area contributed by atoms with E-state index in [1.54, 1.807) is 0 Å². The van der Waals surface area contributed by atoms with Gasteiger partial charge >= 0.3 is 5.65 Å². The molecule has 0 spiro atoms. The molecule has 1 atom stereocenters. The average Bonchev–Trinajstić information content (AvgIpc) is 4.24. The van der Waals surface area contributed by atoms with Gasteiger partial charge in [0.2, 0.25) is 11.6 Å². The molecule has 0 saturated heterocycles. The van der Waals surface area contributed by atoms with Crippen molar-refractivity contribution in [3.63, 3.8) is 0 Å². The Morgan fingerprint density at radius 1 is 0.632 bits per heavy atom. The third-order valence-electron chi connectivity index (χ3n) is 24.4. The van der Waals surface area contributed by atoms with Gasteiger partial charge in [-0.3, -0.25) is 0 Å². The minimum absolute atomic E-state index is 0.0102. The minimum atomic E-state index is -0.506. The van der Waals surface area contributed by atoms with Crippen molar-refractivity contribution >= 4 is 66.1 Å². The van der Waals surface area contributed by atoms with Crippen LogP contribution in [0.2, 0.25) is 0 Å². The highest BCUT2D eigenvalue weighted by Crippen LogP contribution is 2.64. The Morgan fingerprint density at radius 2 is 1.17 bits per heavy atom. The molecule has 394 valence electrons. The highest BCUT2D eigenvalue weighted by molar-refractivity contribution is 6.11. The standard InChI is InChI=1S/C69H85N7/c1-23-38(24-2)62(9,10)59-71-46-31-39-30-41-51(46)57-75(59)49-34-44-45(66(17,18)68(21,22)65(44,15)16)35-50(49)76(57)69(25-3,29-28-61(39,7)8)53(41)55-40-27-26-37(36-70)54-52(40)56-73(55)47-32-42-43(64(13,14)67(19,20)63(42,11)12)33-48(47)74(56)58(72-54)60(4,5)6/h26-27,30-35,38H,23-25,28-29H2,1-22H3/q+2. The van der Waals surface area contributed by atoms with Gasteiger partial charge in [0.15, 0.2) is 22.1 Å². The monoisotopic (exact) mass is 1010 g/mol. The van der Waals surface area contributed by atoms with E-state index in [-0.39, 0.29) is 48.7 Å². The fourth-order valence-corrected chi connectivity index (χ4v) is 17.0. The van der Waals surface area contributed by atoms with E-state index in [1.165, 1.54) is 83.2 Å². The lowest BCUT2D eigenvalue weighted by molar-refractivity contribution is -0.705. The lowest BCUT2D eigenvalue weighted by Crippen LogP contribution is -2.62. The Labute approximate surface area is 452 Å². The summed E-state index contributed by atoms with van der Waals surface area (Å²) in [6.45, 7) is 53.8. The van der Waals surface area contributed by atoms with Crippen LogP contribution in [-0.2, 0) is 43.4 Å². The van der Waals surface area contributed by atoms with Crippen molar-refractivity contribution in [2.75, 3.05) is 0 Å². The molecular formula is C69H85N7+2. The van der Waals surface area contributed by atoms with E-state index in [0.717, 1.165) is 65.4 Å². The Balaban J connectivity index is 1.36. The molecule has 0 N–H and O–H groups in total. The highest BCUT2D eigenvalue weighted by Gasteiger charge is 2.61. The van der Waals surface area contributed by atoms with Crippen molar-refractivity contribution < 1.29 is 8.97 Å². The van der Waals surface area contributed by atoms with Crippen LogP contribution >= 0.6 is 0 Å². The first-order valence-electron chi connectivity index (χ1n) is 29.2. The van der Waals surface area contributed by atoms with Gasteiger partial charge in [-0.1, -0.05) is 165 Å². The summed E-state index contributed by atoms with van der Waals surface area (Å²) in [5, 5.41) is 15.8. The minimum Gasteiger partial charge on any atom is -0.212 e. The van der Waals surface area contributed by atoms with Crippen LogP contribution in [0.25, 0.3) is 66.1 Å². The Morgan fingerprint density at radius 3 is 1.71 bits per heavy atom. The zero-order valence-electron chi connectivity index (χ0n) is 50.4. The molecule has 76 heavy (non-hydrogen) atoms. The lowest BCUT2D eigenvalue weighted by atomic mass is 9.59. The topological polar surface area (TPSA) is 66.4 Å². The van der Waals surface area contributed by atoms with Crippen LogP contribution in [0.5, 0.6) is 0 Å². The van der Waals surface area contributed by atoms with Crippen LogP contribution in [0.3, 0.4) is 0 Å². The van der Waals surface area contributed by atoms with Crippen molar-refractivity contribution in [2.45, 2.75) is 228 Å². The van der Waals surface area contributed by atoms with Crippen LogP contribution < -0.4 is 14.3 Å². The lowest BCUT2D eigenvalue weighted by Gasteiger charge is -2.44. The molecule has 7 nitrogen and oxygen atoms in total. The van der Waals surface area contributed by atoms with Gasteiger partial charge in [0.1, 0.15) is 27.9 Å². The third-order valence-corrected chi connectivity index (χ3v) is 24.4. The molecule has 13 rings (SSSR count). The van der Waals surface area contributed by atoms with Gasteiger partial charge in [-0.2, -0.15) is 18.5 Å². The first-order chi connectivity index (χ1) is 35.2. The van der Waals surface area contributed by atoms with E-state index in [4.69, 9.17) is 9.97 Å². The number of rotatable bonds is 5. The van der Waals surface area contributed by atoms with Crippen molar-refractivity contribution in [1.29, 1.82) is 5.26 Å². The SMILES string of the molecule is CCC(CC)C(C)(C)c1nc2cc3cc4c2c2n1c1cc5c(cc1[n+]2C(CC)(CCC3(C)C)C4=c1c2ccc(C#N)c3nc(C(C)(C)C)n4c6cc7c(cc6[n+]1c4c32)C(C)(C)C(C)(C)C7(C)C)C(C)(C)C(C)(C)C5(C)C. The summed E-state index contributed by atoms with van der Waals surface area (Å²) in [5.41, 5.74) is 18.1. The van der Waals surface area contributed by atoms with Gasteiger partial charge in [0, 0.05) is 21.8 Å². The maximum atomic E-state index is 11.0. The Hall–Kier alpha value is -5.61. The Bertz CT molecular complexity index is 4230. The zero-order valence-corrected chi connectivity index (χ0v) is 50.4. The quantitative estimate of drug-likeness (QED) is 0.161. The summed E-state index contributed by atoms with van der Waals surface area (Å²) < 4.78 is 10.8. The van der Waals surface area contributed by atoms with Gasteiger partial charge < -0.3 is 0 Å². The second-order valence-electron chi connectivity index (χ2n) is 30.3. The molecule has 9 aromatic rings. The van der Waals surface area contributed by atoms with E-state index in [1.807, 2.05) is 0 Å². The number of fused-ring (bicyclic) bond motifs is 11. The molecule has 6 heterocycles. The number of hydrogen-bond donors (Lipinski definition) is 0. The van der Waals surface area contributed by atoms with Gasteiger partial charge in [0.25, 0.3) is 5.65 Å². The van der Waals surface area contributed by atoms with Crippen molar-refractivity contribution in [3.05, 3.63) is 104 Å². The van der Waals surface area contributed by atoms with Gasteiger partial charge in [0.05, 0.1) is 22.0 Å². The molecular weight excluding hydrogens is 927 g/mol. The second-order valence-corrected chi connectivity index (χ2v) is 30.3. The summed E-state index contributed by atoms with van der Waals surface area (Å²) in [4.78, 5) is 11.8. The molecule has 3 bridgehead atoms. The van der Waals surface area contributed by atoms with Crippen LogP contribution in [0.4, 0.5) is 0 Å². The zero-order chi connectivity index (χ0) is 54.9. The summed E-state index contributed by atoms with van der Waals surface area (Å²) >= 11 is 0. The summed E-state index contributed by atoms with van der Waals surface area (Å²) in [6, 6.07) is 22.6. The number of aromatic nitrogens is 6. The van der Waals surface area contributed by atoms with Gasteiger partial charge in [-0.05, 0) is 139 Å². The molecule has 3 aliphatic carbocycles. The second kappa shape index (κ2) is 14.2. The fourth-order valence-electron chi connectivity index (χ4n) is 17.0. The molecule has 4 aliphatic rings. The number of nitrogens with zero attached hydrogens (tertiary/aromatic N) is 7. The normalized spacial score (nSPS) is 23.2. The van der Waals surface area contributed by atoms with E-state index in [2.05, 4.69) is 225 Å². The van der Waals surface area contributed by atoms with Gasteiger partial charge in [-0.25, -0.2) is 14.5 Å². The molecule has 5 aromatic heterocycles. The molecule has 7 heteroatoms. The number of imidazole rings is 2. The fraction of sp³-hybridized carbons (Fsp3) is 0.551. The molecule has 0 amide bonds. The van der Waals surface area contributed by atoms with Crippen molar-refractivity contribution in [2.24, 2.45) is 16.7 Å². The van der Waals surface area contributed by atoms with Crippen molar-refractivity contribution in [3.8, 4) is 6.07 Å². The molecule has 0 saturated carbocycles. The number of hydrogen-bond acceptors (Lipinski definition) is 3. The summed E-state index contributed by atoms with van der Waals surface area (Å²) in [5.74, 6) is 2.58. The summed E-state index contributed by atoms with van der Waals surface area (Å²) in [7, 11) is 0. The molecule has 1 unspecified atom stereocenters. The van der Waals surface area contributed by atoms with Crippen LogP contribution in [0, 0.1) is 28.1 Å². The number of nitriles is 1. The van der Waals surface area contributed by atoms with Gasteiger partial charge in [-0.15, -0.1) is 0 Å². The molecule has 1 aliphatic heterocycles. The van der Waals surface area contributed by atoms with Crippen molar-refractivity contribution in [1.82, 2.24) is 18.8 Å². The number of benzene rings is 4. The smallest absolute Gasteiger partial charge is 0.212 e. The van der Waals surface area contributed by atoms with E-state index < -0.39 is 5.54 Å².